The number of rotatable bonds is 5. The molecular formula is C11H21N3O3. The predicted molar refractivity (Wildman–Crippen MR) is 63.5 cm³/mol. The van der Waals surface area contributed by atoms with E-state index in [0.29, 0.717) is 6.54 Å². The van der Waals surface area contributed by atoms with Gasteiger partial charge >= 0.3 is 5.97 Å². The highest BCUT2D eigenvalue weighted by atomic mass is 16.5. The molecule has 1 unspecified atom stereocenters. The molecule has 98 valence electrons. The van der Waals surface area contributed by atoms with Gasteiger partial charge in [-0.05, 0) is 6.92 Å². The number of nitrogens with zero attached hydrogens (tertiary/aromatic N) is 1. The van der Waals surface area contributed by atoms with Crippen molar-refractivity contribution in [2.24, 2.45) is 0 Å². The van der Waals surface area contributed by atoms with E-state index in [4.69, 9.17) is 0 Å². The molecule has 17 heavy (non-hydrogen) atoms. The van der Waals surface area contributed by atoms with Crippen LogP contribution >= 0.6 is 0 Å². The van der Waals surface area contributed by atoms with Gasteiger partial charge in [-0.3, -0.25) is 14.5 Å². The number of carbonyl (C=O) groups excluding carboxylic acids is 2. The van der Waals surface area contributed by atoms with Crippen molar-refractivity contribution in [3.05, 3.63) is 0 Å². The second-order valence-electron chi connectivity index (χ2n) is 4.08. The van der Waals surface area contributed by atoms with Crippen LogP contribution < -0.4 is 10.6 Å². The third-order valence-electron chi connectivity index (χ3n) is 2.93. The quantitative estimate of drug-likeness (QED) is 0.604. The standard InChI is InChI=1S/C11H21N3O3/c1-9(14-7-5-12-6-8-14)11(16)13-4-3-10(15)17-2/h9,12H,3-8H2,1-2H3,(H,13,16). The van der Waals surface area contributed by atoms with Gasteiger partial charge in [0, 0.05) is 32.7 Å². The summed E-state index contributed by atoms with van der Waals surface area (Å²) in [5, 5.41) is 5.98. The SMILES string of the molecule is COC(=O)CCNC(=O)C(C)N1CCNCC1. The summed E-state index contributed by atoms with van der Waals surface area (Å²) >= 11 is 0. The molecule has 1 atom stereocenters. The molecule has 1 aliphatic rings. The van der Waals surface area contributed by atoms with E-state index < -0.39 is 0 Å². The average Bonchev–Trinajstić information content (AvgIpc) is 2.38. The first kappa shape index (κ1) is 13.9. The summed E-state index contributed by atoms with van der Waals surface area (Å²) in [5.41, 5.74) is 0. The molecule has 0 aromatic rings. The summed E-state index contributed by atoms with van der Waals surface area (Å²) in [4.78, 5) is 24.8. The molecule has 1 saturated heterocycles. The zero-order chi connectivity index (χ0) is 12.7. The fourth-order valence-electron chi connectivity index (χ4n) is 1.77. The van der Waals surface area contributed by atoms with Crippen molar-refractivity contribution in [1.29, 1.82) is 0 Å². The van der Waals surface area contributed by atoms with Crippen LogP contribution in [0.15, 0.2) is 0 Å². The van der Waals surface area contributed by atoms with Gasteiger partial charge in [-0.2, -0.15) is 0 Å². The second-order valence-corrected chi connectivity index (χ2v) is 4.08. The highest BCUT2D eigenvalue weighted by molar-refractivity contribution is 5.81. The maximum absolute atomic E-state index is 11.8. The Labute approximate surface area is 102 Å². The summed E-state index contributed by atoms with van der Waals surface area (Å²) in [6.07, 6.45) is 0.219. The first-order valence-corrected chi connectivity index (χ1v) is 5.94. The molecule has 1 fully saturated rings. The summed E-state index contributed by atoms with van der Waals surface area (Å²) in [6.45, 7) is 5.82. The Morgan fingerprint density at radius 1 is 1.41 bits per heavy atom. The lowest BCUT2D eigenvalue weighted by atomic mass is 10.2. The number of carbonyl (C=O) groups is 2. The van der Waals surface area contributed by atoms with Gasteiger partial charge in [-0.1, -0.05) is 0 Å². The second kappa shape index (κ2) is 7.24. The van der Waals surface area contributed by atoms with Gasteiger partial charge in [0.1, 0.15) is 0 Å². The van der Waals surface area contributed by atoms with Crippen LogP contribution in [0, 0.1) is 0 Å². The highest BCUT2D eigenvalue weighted by Gasteiger charge is 2.22. The lowest BCUT2D eigenvalue weighted by molar-refractivity contribution is -0.140. The molecule has 1 heterocycles. The van der Waals surface area contributed by atoms with Crippen LogP contribution in [-0.4, -0.2) is 62.7 Å². The molecular weight excluding hydrogens is 222 g/mol. The van der Waals surface area contributed by atoms with E-state index in [0.717, 1.165) is 26.2 Å². The third-order valence-corrected chi connectivity index (χ3v) is 2.93. The number of hydrogen-bond acceptors (Lipinski definition) is 5. The van der Waals surface area contributed by atoms with Crippen LogP contribution in [0.2, 0.25) is 0 Å². The minimum absolute atomic E-state index is 0.0317. The first-order valence-electron chi connectivity index (χ1n) is 5.94. The maximum Gasteiger partial charge on any atom is 0.307 e. The van der Waals surface area contributed by atoms with Gasteiger partial charge in [0.2, 0.25) is 5.91 Å². The van der Waals surface area contributed by atoms with Crippen LogP contribution in [0.25, 0.3) is 0 Å². The number of piperazine rings is 1. The molecule has 0 spiro atoms. The largest absolute Gasteiger partial charge is 0.469 e. The van der Waals surface area contributed by atoms with Crippen molar-refractivity contribution in [3.63, 3.8) is 0 Å². The van der Waals surface area contributed by atoms with Crippen molar-refractivity contribution < 1.29 is 14.3 Å². The molecule has 1 amide bonds. The Bertz CT molecular complexity index is 265. The van der Waals surface area contributed by atoms with Gasteiger partial charge in [-0.15, -0.1) is 0 Å². The molecule has 2 N–H and O–H groups in total. The van der Waals surface area contributed by atoms with Crippen LogP contribution in [0.3, 0.4) is 0 Å². The summed E-state index contributed by atoms with van der Waals surface area (Å²) < 4.78 is 4.50. The Balaban J connectivity index is 2.23. The minimum atomic E-state index is -0.305. The van der Waals surface area contributed by atoms with Gasteiger partial charge in [0.25, 0.3) is 0 Å². The fourth-order valence-corrected chi connectivity index (χ4v) is 1.77. The first-order chi connectivity index (χ1) is 8.15. The van der Waals surface area contributed by atoms with E-state index in [1.54, 1.807) is 0 Å². The number of esters is 1. The molecule has 0 bridgehead atoms. The third kappa shape index (κ3) is 4.70. The van der Waals surface area contributed by atoms with E-state index in [2.05, 4.69) is 20.3 Å². The van der Waals surface area contributed by atoms with Crippen LogP contribution in [0.4, 0.5) is 0 Å². The Kier molecular flexibility index (Phi) is 5.93. The molecule has 1 rings (SSSR count). The van der Waals surface area contributed by atoms with Gasteiger partial charge < -0.3 is 15.4 Å². The topological polar surface area (TPSA) is 70.7 Å². The highest BCUT2D eigenvalue weighted by Crippen LogP contribution is 2.00. The lowest BCUT2D eigenvalue weighted by Gasteiger charge is -2.31. The normalized spacial score (nSPS) is 18.5. The van der Waals surface area contributed by atoms with E-state index in [9.17, 15) is 9.59 Å². The van der Waals surface area contributed by atoms with Crippen LogP contribution in [0.1, 0.15) is 13.3 Å². The van der Waals surface area contributed by atoms with Crippen molar-refractivity contribution >= 4 is 11.9 Å². The summed E-state index contributed by atoms with van der Waals surface area (Å²) in [6, 6.07) is -0.144. The van der Waals surface area contributed by atoms with Crippen molar-refractivity contribution in [1.82, 2.24) is 15.5 Å². The van der Waals surface area contributed by atoms with Gasteiger partial charge in [0.05, 0.1) is 19.6 Å². The fraction of sp³-hybridized carbons (Fsp3) is 0.818. The number of nitrogens with one attached hydrogen (secondary N) is 2. The molecule has 0 aromatic carbocycles. The Morgan fingerprint density at radius 2 is 2.06 bits per heavy atom. The average molecular weight is 243 g/mol. The van der Waals surface area contributed by atoms with Crippen LogP contribution in [-0.2, 0) is 14.3 Å². The minimum Gasteiger partial charge on any atom is -0.469 e. The van der Waals surface area contributed by atoms with Gasteiger partial charge in [0.15, 0.2) is 0 Å². The smallest absolute Gasteiger partial charge is 0.307 e. The Morgan fingerprint density at radius 3 is 2.65 bits per heavy atom. The van der Waals surface area contributed by atoms with E-state index in [1.807, 2.05) is 6.92 Å². The van der Waals surface area contributed by atoms with Crippen molar-refractivity contribution in [2.75, 3.05) is 39.8 Å². The molecule has 0 aromatic heterocycles. The summed E-state index contributed by atoms with van der Waals surface area (Å²) in [5.74, 6) is -0.337. The van der Waals surface area contributed by atoms with Gasteiger partial charge in [-0.25, -0.2) is 0 Å². The predicted octanol–water partition coefficient (Wildman–Crippen LogP) is -1.04. The summed E-state index contributed by atoms with van der Waals surface area (Å²) in [7, 11) is 1.34. The molecule has 6 heteroatoms. The van der Waals surface area contributed by atoms with Crippen molar-refractivity contribution in [3.8, 4) is 0 Å². The van der Waals surface area contributed by atoms with Crippen molar-refractivity contribution in [2.45, 2.75) is 19.4 Å². The zero-order valence-corrected chi connectivity index (χ0v) is 10.5. The number of amides is 1. The Hall–Kier alpha value is -1.14. The monoisotopic (exact) mass is 243 g/mol. The molecule has 6 nitrogen and oxygen atoms in total. The zero-order valence-electron chi connectivity index (χ0n) is 10.5. The van der Waals surface area contributed by atoms with E-state index in [1.165, 1.54) is 7.11 Å². The molecule has 0 radical (unpaired) electrons. The molecule has 0 saturated carbocycles. The number of methoxy groups -OCH3 is 1. The van der Waals surface area contributed by atoms with E-state index in [-0.39, 0.29) is 24.3 Å². The maximum atomic E-state index is 11.8. The number of hydrogen-bond donors (Lipinski definition) is 2. The number of ether oxygens (including phenoxy) is 1. The van der Waals surface area contributed by atoms with Crippen LogP contribution in [0.5, 0.6) is 0 Å². The molecule has 0 aliphatic carbocycles. The molecule has 1 aliphatic heterocycles. The van der Waals surface area contributed by atoms with E-state index >= 15 is 0 Å². The lowest BCUT2D eigenvalue weighted by Crippen LogP contribution is -2.52.